The Morgan fingerprint density at radius 2 is 0.470 bits per heavy atom. The molecule has 0 aromatic rings. The molecule has 1 unspecified atom stereocenters. The highest BCUT2D eigenvalue weighted by atomic mass is 16.6. The van der Waals surface area contributed by atoms with E-state index in [0.29, 0.717) is 19.3 Å². The first-order valence-corrected chi connectivity index (χ1v) is 35.0. The summed E-state index contributed by atoms with van der Waals surface area (Å²) in [4.78, 5) is 38.5. The lowest BCUT2D eigenvalue weighted by molar-refractivity contribution is -0.167. The van der Waals surface area contributed by atoms with Gasteiger partial charge in [-0.25, -0.2) is 0 Å². The van der Waals surface area contributed by atoms with E-state index in [1.807, 2.05) is 0 Å². The van der Waals surface area contributed by atoms with Crippen molar-refractivity contribution in [2.75, 3.05) is 13.2 Å². The summed E-state index contributed by atoms with van der Waals surface area (Å²) in [7, 11) is 0. The number of rotatable bonds is 63. The van der Waals surface area contributed by atoms with E-state index in [0.717, 1.165) is 135 Å². The molecule has 0 heterocycles. The van der Waals surface area contributed by atoms with Crippen molar-refractivity contribution in [3.05, 3.63) is 122 Å². The number of unbranched alkanes of at least 4 members (excludes halogenated alkanes) is 32. The zero-order valence-corrected chi connectivity index (χ0v) is 54.4. The molecular formula is C77H130O6. The van der Waals surface area contributed by atoms with Crippen LogP contribution in [0.4, 0.5) is 0 Å². The lowest BCUT2D eigenvalue weighted by Crippen LogP contribution is -2.30. The van der Waals surface area contributed by atoms with Crippen LogP contribution in [0.2, 0.25) is 0 Å². The van der Waals surface area contributed by atoms with Gasteiger partial charge in [0.25, 0.3) is 0 Å². The number of carbonyl (C=O) groups excluding carboxylic acids is 3. The number of hydrogen-bond acceptors (Lipinski definition) is 6. The highest BCUT2D eigenvalue weighted by Gasteiger charge is 2.19. The lowest BCUT2D eigenvalue weighted by atomic mass is 10.0. The van der Waals surface area contributed by atoms with Crippen LogP contribution < -0.4 is 0 Å². The van der Waals surface area contributed by atoms with Gasteiger partial charge in [0.2, 0.25) is 0 Å². The van der Waals surface area contributed by atoms with Gasteiger partial charge in [-0.2, -0.15) is 0 Å². The van der Waals surface area contributed by atoms with E-state index in [-0.39, 0.29) is 31.1 Å². The van der Waals surface area contributed by atoms with Crippen molar-refractivity contribution in [3.63, 3.8) is 0 Å². The number of esters is 3. The van der Waals surface area contributed by atoms with E-state index in [1.54, 1.807) is 0 Å². The summed E-state index contributed by atoms with van der Waals surface area (Å²) in [6.07, 6.45) is 97.8. The molecule has 0 saturated carbocycles. The Morgan fingerprint density at radius 3 is 0.747 bits per heavy atom. The largest absolute Gasteiger partial charge is 0.462 e. The summed E-state index contributed by atoms with van der Waals surface area (Å²) in [5.41, 5.74) is 0. The molecular weight excluding hydrogens is 1020 g/mol. The van der Waals surface area contributed by atoms with Gasteiger partial charge in [-0.1, -0.05) is 296 Å². The van der Waals surface area contributed by atoms with Gasteiger partial charge in [0.1, 0.15) is 13.2 Å². The zero-order chi connectivity index (χ0) is 59.9. The smallest absolute Gasteiger partial charge is 0.306 e. The number of carbonyl (C=O) groups is 3. The van der Waals surface area contributed by atoms with Crippen molar-refractivity contribution < 1.29 is 28.6 Å². The van der Waals surface area contributed by atoms with Crippen LogP contribution in [0.5, 0.6) is 0 Å². The molecule has 1 atom stereocenters. The number of allylic oxidation sites excluding steroid dienone is 20. The van der Waals surface area contributed by atoms with E-state index in [4.69, 9.17) is 14.2 Å². The van der Waals surface area contributed by atoms with E-state index in [1.165, 1.54) is 154 Å². The van der Waals surface area contributed by atoms with Gasteiger partial charge in [0.05, 0.1) is 0 Å². The number of hydrogen-bond donors (Lipinski definition) is 0. The molecule has 0 spiro atoms. The lowest BCUT2D eigenvalue weighted by Gasteiger charge is -2.18. The van der Waals surface area contributed by atoms with Gasteiger partial charge in [-0.15, -0.1) is 0 Å². The third kappa shape index (κ3) is 68.5. The third-order valence-electron chi connectivity index (χ3n) is 14.9. The normalized spacial score (nSPS) is 12.9. The molecule has 0 radical (unpaired) electrons. The molecule has 0 aliphatic carbocycles. The molecule has 0 aromatic heterocycles. The maximum Gasteiger partial charge on any atom is 0.306 e. The van der Waals surface area contributed by atoms with Gasteiger partial charge >= 0.3 is 17.9 Å². The maximum absolute atomic E-state index is 13.0. The van der Waals surface area contributed by atoms with E-state index < -0.39 is 6.10 Å². The molecule has 0 aliphatic heterocycles. The van der Waals surface area contributed by atoms with Crippen molar-refractivity contribution >= 4 is 17.9 Å². The molecule has 0 amide bonds. The Bertz CT molecular complexity index is 1700. The first-order valence-electron chi connectivity index (χ1n) is 35.0. The molecule has 0 N–H and O–H groups in total. The fourth-order valence-corrected chi connectivity index (χ4v) is 9.68. The first-order chi connectivity index (χ1) is 41.0. The molecule has 6 heteroatoms. The molecule has 6 nitrogen and oxygen atoms in total. The van der Waals surface area contributed by atoms with Crippen LogP contribution >= 0.6 is 0 Å². The average Bonchev–Trinajstić information content (AvgIpc) is 3.49. The van der Waals surface area contributed by atoms with Crippen LogP contribution in [0, 0.1) is 0 Å². The van der Waals surface area contributed by atoms with Crippen molar-refractivity contribution in [3.8, 4) is 0 Å². The standard InChI is InChI=1S/C77H130O6/c1-4-7-10-13-16-19-22-25-28-30-32-34-36-37-38-39-41-42-44-46-49-52-55-58-61-64-67-70-76(79)82-73-74(72-81-75(78)69-66-63-60-57-54-51-48-27-24-21-18-15-12-9-6-3)83-77(80)71-68-65-62-59-56-53-50-47-45-43-40-35-33-31-29-26-23-20-17-14-11-8-5-2/h7,10,16,19,23,25-28,31-34,37-38,41-42,46,48-49,74H,4-6,8-9,11-15,17-18,20-22,24,29-30,35-36,39-40,43-45,47,50-73H2,1-3H3/b10-7-,19-16-,26-23-,28-25-,33-31-,34-32-,38-37-,42-41-,48-27-,49-46-. The van der Waals surface area contributed by atoms with E-state index in [9.17, 15) is 14.4 Å². The van der Waals surface area contributed by atoms with Crippen molar-refractivity contribution in [2.45, 2.75) is 335 Å². The minimum Gasteiger partial charge on any atom is -0.462 e. The second-order valence-electron chi connectivity index (χ2n) is 23.1. The molecule has 0 bridgehead atoms. The Balaban J connectivity index is 4.41. The molecule has 0 fully saturated rings. The molecule has 474 valence electrons. The SMILES string of the molecule is CC/C=C\C/C=C\C/C=C\C/C=C\C/C=C\C/C=C\C/C=C\CCCCCCCC(=O)OCC(COC(=O)CCCCCCC/C=C\CCCCCCCC)OC(=O)CCCCCCCCCCCCC/C=C\C/C=C\CCCCCCC. The van der Waals surface area contributed by atoms with Crippen LogP contribution in [0.25, 0.3) is 0 Å². The minimum absolute atomic E-state index is 0.0902. The summed E-state index contributed by atoms with van der Waals surface area (Å²) < 4.78 is 17.0. The minimum atomic E-state index is -0.796. The average molecular weight is 1150 g/mol. The van der Waals surface area contributed by atoms with Crippen molar-refractivity contribution in [1.29, 1.82) is 0 Å². The summed E-state index contributed by atoms with van der Waals surface area (Å²) in [5, 5.41) is 0. The molecule has 0 saturated heterocycles. The van der Waals surface area contributed by atoms with Gasteiger partial charge in [-0.05, 0) is 135 Å². The zero-order valence-electron chi connectivity index (χ0n) is 54.4. The van der Waals surface area contributed by atoms with Crippen LogP contribution in [0.1, 0.15) is 329 Å². The van der Waals surface area contributed by atoms with Crippen LogP contribution in [-0.2, 0) is 28.6 Å². The Morgan fingerprint density at radius 1 is 0.253 bits per heavy atom. The van der Waals surface area contributed by atoms with Crippen LogP contribution in [0.15, 0.2) is 122 Å². The highest BCUT2D eigenvalue weighted by molar-refractivity contribution is 5.71. The molecule has 0 rings (SSSR count). The van der Waals surface area contributed by atoms with Crippen molar-refractivity contribution in [1.82, 2.24) is 0 Å². The van der Waals surface area contributed by atoms with Crippen molar-refractivity contribution in [2.24, 2.45) is 0 Å². The van der Waals surface area contributed by atoms with Crippen LogP contribution in [0.3, 0.4) is 0 Å². The summed E-state index contributed by atoms with van der Waals surface area (Å²) in [5.74, 6) is -0.910. The van der Waals surface area contributed by atoms with Gasteiger partial charge in [0, 0.05) is 19.3 Å². The summed E-state index contributed by atoms with van der Waals surface area (Å²) >= 11 is 0. The van der Waals surface area contributed by atoms with E-state index >= 15 is 0 Å². The Hall–Kier alpha value is -4.19. The second kappa shape index (κ2) is 70.3. The number of ether oxygens (including phenoxy) is 3. The Kier molecular flexibility index (Phi) is 66.7. The monoisotopic (exact) mass is 1150 g/mol. The second-order valence-corrected chi connectivity index (χ2v) is 23.1. The molecule has 0 aliphatic rings. The fourth-order valence-electron chi connectivity index (χ4n) is 9.68. The predicted molar refractivity (Wildman–Crippen MR) is 362 cm³/mol. The van der Waals surface area contributed by atoms with Gasteiger partial charge in [-0.3, -0.25) is 14.4 Å². The summed E-state index contributed by atoms with van der Waals surface area (Å²) in [6.45, 7) is 6.51. The van der Waals surface area contributed by atoms with Gasteiger partial charge < -0.3 is 14.2 Å². The predicted octanol–water partition coefficient (Wildman–Crippen LogP) is 24.3. The van der Waals surface area contributed by atoms with E-state index in [2.05, 4.69) is 142 Å². The third-order valence-corrected chi connectivity index (χ3v) is 14.9. The topological polar surface area (TPSA) is 78.9 Å². The maximum atomic E-state index is 13.0. The van der Waals surface area contributed by atoms with Crippen LogP contribution in [-0.4, -0.2) is 37.2 Å². The fraction of sp³-hybridized carbons (Fsp3) is 0.701. The quantitative estimate of drug-likeness (QED) is 0.0261. The molecule has 0 aromatic carbocycles. The van der Waals surface area contributed by atoms with Gasteiger partial charge in [0.15, 0.2) is 6.10 Å². The highest BCUT2D eigenvalue weighted by Crippen LogP contribution is 2.16. The Labute approximate surface area is 513 Å². The first kappa shape index (κ1) is 78.8. The summed E-state index contributed by atoms with van der Waals surface area (Å²) in [6, 6.07) is 0. The molecule has 83 heavy (non-hydrogen) atoms.